The van der Waals surface area contributed by atoms with Crippen molar-refractivity contribution < 1.29 is 4.79 Å². The van der Waals surface area contributed by atoms with Crippen LogP contribution in [0.1, 0.15) is 21.7 Å². The summed E-state index contributed by atoms with van der Waals surface area (Å²) in [5.74, 6) is -0.0677. The van der Waals surface area contributed by atoms with E-state index in [0.29, 0.717) is 23.8 Å². The van der Waals surface area contributed by atoms with E-state index in [2.05, 4.69) is 21.0 Å². The molecule has 0 aliphatic rings. The van der Waals surface area contributed by atoms with Crippen molar-refractivity contribution >= 4 is 48.5 Å². The molecule has 1 amide bonds. The lowest BCUT2D eigenvalue weighted by atomic mass is 10.2. The maximum absolute atomic E-state index is 13.3. The second-order valence-electron chi connectivity index (χ2n) is 6.58. The number of anilines is 1. The highest BCUT2D eigenvalue weighted by Gasteiger charge is 2.22. The number of para-hydroxylation sites is 1. The monoisotopic (exact) mass is 454 g/mol. The van der Waals surface area contributed by atoms with Gasteiger partial charge in [-0.05, 0) is 50.2 Å². The third-order valence-electron chi connectivity index (χ3n) is 4.47. The number of thiazole rings is 1. The van der Waals surface area contributed by atoms with Crippen LogP contribution in [0.4, 0.5) is 5.13 Å². The molecule has 0 atom stereocenters. The molecule has 0 unspecified atom stereocenters. The zero-order valence-electron chi connectivity index (χ0n) is 15.6. The molecule has 0 N–H and O–H groups in total. The predicted octanol–water partition coefficient (Wildman–Crippen LogP) is 5.22. The number of aromatic nitrogens is 3. The first kappa shape index (κ1) is 18.8. The summed E-state index contributed by atoms with van der Waals surface area (Å²) in [6.45, 7) is 5.10. The van der Waals surface area contributed by atoms with Crippen LogP contribution in [0.5, 0.6) is 0 Å². The maximum Gasteiger partial charge on any atom is 0.260 e. The Morgan fingerprint density at radius 3 is 2.68 bits per heavy atom. The molecule has 4 rings (SSSR count). The van der Waals surface area contributed by atoms with Crippen molar-refractivity contribution in [1.82, 2.24) is 14.8 Å². The van der Waals surface area contributed by atoms with E-state index < -0.39 is 0 Å². The van der Waals surface area contributed by atoms with Crippen molar-refractivity contribution in [1.29, 1.82) is 0 Å². The highest BCUT2D eigenvalue weighted by atomic mass is 79.9. The van der Waals surface area contributed by atoms with Gasteiger partial charge in [0.05, 0.1) is 22.5 Å². The fourth-order valence-corrected chi connectivity index (χ4v) is 4.52. The molecule has 28 heavy (non-hydrogen) atoms. The second kappa shape index (κ2) is 7.85. The van der Waals surface area contributed by atoms with Gasteiger partial charge in [-0.15, -0.1) is 0 Å². The number of nitrogens with zero attached hydrogens (tertiary/aromatic N) is 4. The van der Waals surface area contributed by atoms with Gasteiger partial charge in [-0.2, -0.15) is 5.10 Å². The standard InChI is InChI=1S/C21H19BrN4OS/c1-14-12-15(2)26(24-14)11-10-25(20(27)16-6-5-7-17(22)13-16)21-23-18-8-3-4-9-19(18)28-21/h3-9,12-13H,10-11H2,1-2H3. The van der Waals surface area contributed by atoms with Crippen LogP contribution in [0.15, 0.2) is 59.1 Å². The van der Waals surface area contributed by atoms with E-state index in [4.69, 9.17) is 4.98 Å². The van der Waals surface area contributed by atoms with Gasteiger partial charge in [0.15, 0.2) is 5.13 Å². The number of hydrogen-bond acceptors (Lipinski definition) is 4. The highest BCUT2D eigenvalue weighted by Crippen LogP contribution is 2.30. The fraction of sp³-hybridized carbons (Fsp3) is 0.190. The molecule has 2 heterocycles. The van der Waals surface area contributed by atoms with E-state index in [9.17, 15) is 4.79 Å². The van der Waals surface area contributed by atoms with Crippen LogP contribution in [0.2, 0.25) is 0 Å². The normalized spacial score (nSPS) is 11.1. The SMILES string of the molecule is Cc1cc(C)n(CCN(C(=O)c2cccc(Br)c2)c2nc3ccccc3s2)n1. The molecular formula is C21H19BrN4OS. The van der Waals surface area contributed by atoms with Gasteiger partial charge < -0.3 is 0 Å². The Morgan fingerprint density at radius 1 is 1.14 bits per heavy atom. The van der Waals surface area contributed by atoms with Gasteiger partial charge in [0.25, 0.3) is 5.91 Å². The minimum absolute atomic E-state index is 0.0677. The lowest BCUT2D eigenvalue weighted by Gasteiger charge is -2.20. The van der Waals surface area contributed by atoms with Gasteiger partial charge in [0, 0.05) is 22.3 Å². The van der Waals surface area contributed by atoms with Crippen LogP contribution in [0, 0.1) is 13.8 Å². The number of amides is 1. The summed E-state index contributed by atoms with van der Waals surface area (Å²) in [6, 6.07) is 17.4. The smallest absolute Gasteiger partial charge is 0.260 e. The lowest BCUT2D eigenvalue weighted by Crippen LogP contribution is -2.34. The van der Waals surface area contributed by atoms with Crippen molar-refractivity contribution in [2.24, 2.45) is 0 Å². The molecule has 142 valence electrons. The fourth-order valence-electron chi connectivity index (χ4n) is 3.13. The van der Waals surface area contributed by atoms with E-state index in [-0.39, 0.29) is 5.91 Å². The van der Waals surface area contributed by atoms with Crippen LogP contribution in [-0.2, 0) is 6.54 Å². The molecule has 0 aliphatic heterocycles. The highest BCUT2D eigenvalue weighted by molar-refractivity contribution is 9.10. The number of benzene rings is 2. The first-order valence-electron chi connectivity index (χ1n) is 8.95. The first-order chi connectivity index (χ1) is 13.5. The summed E-state index contributed by atoms with van der Waals surface area (Å²) in [5, 5.41) is 5.22. The molecule has 0 saturated carbocycles. The zero-order chi connectivity index (χ0) is 19.7. The topological polar surface area (TPSA) is 51.0 Å². The third kappa shape index (κ3) is 3.86. The Kier molecular flexibility index (Phi) is 5.28. The molecule has 0 aliphatic carbocycles. The van der Waals surface area contributed by atoms with Crippen molar-refractivity contribution in [3.05, 3.63) is 76.0 Å². The average Bonchev–Trinajstić information content (AvgIpc) is 3.24. The van der Waals surface area contributed by atoms with Crippen LogP contribution >= 0.6 is 27.3 Å². The van der Waals surface area contributed by atoms with Crippen LogP contribution in [0.25, 0.3) is 10.2 Å². The summed E-state index contributed by atoms with van der Waals surface area (Å²) >= 11 is 4.98. The maximum atomic E-state index is 13.3. The number of halogens is 1. The van der Waals surface area contributed by atoms with Gasteiger partial charge in [0.1, 0.15) is 0 Å². The van der Waals surface area contributed by atoms with Crippen LogP contribution in [0.3, 0.4) is 0 Å². The van der Waals surface area contributed by atoms with Crippen molar-refractivity contribution in [2.45, 2.75) is 20.4 Å². The third-order valence-corrected chi connectivity index (χ3v) is 6.02. The van der Waals surface area contributed by atoms with Gasteiger partial charge in [-0.25, -0.2) is 4.98 Å². The van der Waals surface area contributed by atoms with Gasteiger partial charge in [-0.1, -0.05) is 45.5 Å². The molecule has 0 fully saturated rings. The number of fused-ring (bicyclic) bond motifs is 1. The van der Waals surface area contributed by atoms with Gasteiger partial charge in [0.2, 0.25) is 0 Å². The minimum Gasteiger partial charge on any atom is -0.282 e. The van der Waals surface area contributed by atoms with E-state index in [1.807, 2.05) is 73.1 Å². The summed E-state index contributed by atoms with van der Waals surface area (Å²) < 4.78 is 3.88. The Bertz CT molecular complexity index is 1120. The van der Waals surface area contributed by atoms with E-state index in [1.165, 1.54) is 11.3 Å². The Hall–Kier alpha value is -2.51. The number of carbonyl (C=O) groups is 1. The van der Waals surface area contributed by atoms with Crippen LogP contribution in [-0.4, -0.2) is 27.2 Å². The predicted molar refractivity (Wildman–Crippen MR) is 117 cm³/mol. The zero-order valence-corrected chi connectivity index (χ0v) is 18.0. The van der Waals surface area contributed by atoms with Crippen molar-refractivity contribution in [3.8, 4) is 0 Å². The first-order valence-corrected chi connectivity index (χ1v) is 10.6. The molecule has 5 nitrogen and oxygen atoms in total. The van der Waals surface area contributed by atoms with Crippen LogP contribution < -0.4 is 4.90 Å². The summed E-state index contributed by atoms with van der Waals surface area (Å²) in [6.07, 6.45) is 0. The number of carbonyl (C=O) groups excluding carboxylic acids is 1. The summed E-state index contributed by atoms with van der Waals surface area (Å²) in [7, 11) is 0. The van der Waals surface area contributed by atoms with E-state index >= 15 is 0 Å². The second-order valence-corrected chi connectivity index (χ2v) is 8.51. The molecule has 0 saturated heterocycles. The lowest BCUT2D eigenvalue weighted by molar-refractivity contribution is 0.0985. The molecule has 0 bridgehead atoms. The summed E-state index contributed by atoms with van der Waals surface area (Å²) in [4.78, 5) is 19.8. The molecule has 0 spiro atoms. The van der Waals surface area contributed by atoms with Crippen molar-refractivity contribution in [2.75, 3.05) is 11.4 Å². The Labute approximate surface area is 175 Å². The Morgan fingerprint density at radius 2 is 1.96 bits per heavy atom. The molecule has 4 aromatic rings. The molecule has 2 aromatic heterocycles. The van der Waals surface area contributed by atoms with Gasteiger partial charge >= 0.3 is 0 Å². The quantitative estimate of drug-likeness (QED) is 0.415. The van der Waals surface area contributed by atoms with Crippen molar-refractivity contribution in [3.63, 3.8) is 0 Å². The number of rotatable bonds is 5. The molecule has 7 heteroatoms. The largest absolute Gasteiger partial charge is 0.282 e. The Balaban J connectivity index is 1.69. The summed E-state index contributed by atoms with van der Waals surface area (Å²) in [5.41, 5.74) is 3.58. The van der Waals surface area contributed by atoms with E-state index in [1.54, 1.807) is 4.90 Å². The molecular weight excluding hydrogens is 436 g/mol. The average molecular weight is 455 g/mol. The minimum atomic E-state index is -0.0677. The number of aryl methyl sites for hydroxylation is 2. The van der Waals surface area contributed by atoms with E-state index in [0.717, 1.165) is 26.1 Å². The number of hydrogen-bond donors (Lipinski definition) is 0. The molecule has 0 radical (unpaired) electrons. The molecule has 2 aromatic carbocycles. The van der Waals surface area contributed by atoms with Gasteiger partial charge in [-0.3, -0.25) is 14.4 Å².